The normalized spacial score (nSPS) is 26.8. The Bertz CT molecular complexity index is 229. The van der Waals surface area contributed by atoms with E-state index in [4.69, 9.17) is 14.6 Å². The van der Waals surface area contributed by atoms with Gasteiger partial charge in [-0.15, -0.1) is 0 Å². The van der Waals surface area contributed by atoms with E-state index < -0.39 is 0 Å². The highest BCUT2D eigenvalue weighted by Gasteiger charge is 2.39. The first-order valence-electron chi connectivity index (χ1n) is 7.41. The minimum Gasteiger partial charge on any atom is -0.394 e. The largest absolute Gasteiger partial charge is 0.394 e. The van der Waals surface area contributed by atoms with E-state index in [-0.39, 0.29) is 12.2 Å². The van der Waals surface area contributed by atoms with Gasteiger partial charge in [0, 0.05) is 19.3 Å². The van der Waals surface area contributed by atoms with Crippen molar-refractivity contribution < 1.29 is 14.6 Å². The molecule has 18 heavy (non-hydrogen) atoms. The summed E-state index contributed by atoms with van der Waals surface area (Å²) in [4.78, 5) is 0. The molecule has 1 aliphatic heterocycles. The molecule has 2 fully saturated rings. The van der Waals surface area contributed by atoms with E-state index in [0.29, 0.717) is 12.6 Å². The molecule has 0 radical (unpaired) electrons. The van der Waals surface area contributed by atoms with Crippen LogP contribution in [-0.4, -0.2) is 49.7 Å². The second-order valence-corrected chi connectivity index (χ2v) is 5.57. The van der Waals surface area contributed by atoms with Gasteiger partial charge in [0.25, 0.3) is 0 Å². The molecule has 1 heterocycles. The number of aliphatic hydroxyl groups excluding tert-OH is 1. The molecule has 2 aliphatic rings. The van der Waals surface area contributed by atoms with Crippen LogP contribution in [0.3, 0.4) is 0 Å². The molecule has 0 amide bonds. The lowest BCUT2D eigenvalue weighted by Crippen LogP contribution is -2.45. The Hall–Kier alpha value is -0.160. The van der Waals surface area contributed by atoms with E-state index in [9.17, 15) is 0 Å². The van der Waals surface area contributed by atoms with Crippen molar-refractivity contribution in [1.82, 2.24) is 5.32 Å². The van der Waals surface area contributed by atoms with Crippen molar-refractivity contribution in [3.8, 4) is 0 Å². The number of ether oxygens (including phenoxy) is 2. The maximum absolute atomic E-state index is 8.59. The van der Waals surface area contributed by atoms with Gasteiger partial charge in [-0.3, -0.25) is 0 Å². The van der Waals surface area contributed by atoms with Crippen LogP contribution < -0.4 is 5.32 Å². The third-order valence-corrected chi connectivity index (χ3v) is 4.14. The molecule has 0 aromatic heterocycles. The topological polar surface area (TPSA) is 50.7 Å². The third-order valence-electron chi connectivity index (χ3n) is 4.14. The first kappa shape index (κ1) is 14.3. The summed E-state index contributed by atoms with van der Waals surface area (Å²) >= 11 is 0. The van der Waals surface area contributed by atoms with Gasteiger partial charge in [-0.25, -0.2) is 0 Å². The second kappa shape index (κ2) is 7.43. The summed E-state index contributed by atoms with van der Waals surface area (Å²) in [7, 11) is 0. The van der Waals surface area contributed by atoms with Crippen LogP contribution in [-0.2, 0) is 9.47 Å². The number of nitrogens with one attached hydrogen (secondary N) is 1. The lowest BCUT2D eigenvalue weighted by atomic mass is 9.89. The molecule has 0 aromatic rings. The molecular formula is C14H27NO3. The van der Waals surface area contributed by atoms with Gasteiger partial charge in [-0.1, -0.05) is 12.8 Å². The fraction of sp³-hybridized carbons (Fsp3) is 1.00. The minimum atomic E-state index is 0.121. The van der Waals surface area contributed by atoms with Crippen LogP contribution in [0.25, 0.3) is 0 Å². The molecule has 106 valence electrons. The average Bonchev–Trinajstić information content (AvgIpc) is 2.82. The number of hydrogen-bond acceptors (Lipinski definition) is 4. The zero-order chi connectivity index (χ0) is 12.7. The first-order valence-corrected chi connectivity index (χ1v) is 7.41. The van der Waals surface area contributed by atoms with Gasteiger partial charge in [-0.2, -0.15) is 0 Å². The lowest BCUT2D eigenvalue weighted by Gasteiger charge is -2.38. The standard InChI is InChI=1S/C14H27NO3/c16-8-11-17-9-3-7-15-13-4-10-18-14(12-13)5-1-2-6-14/h13,15-16H,1-12H2. The smallest absolute Gasteiger partial charge is 0.0697 e. The highest BCUT2D eigenvalue weighted by molar-refractivity contribution is 4.93. The summed E-state index contributed by atoms with van der Waals surface area (Å²) in [6.07, 6.45) is 8.52. The second-order valence-electron chi connectivity index (χ2n) is 5.57. The van der Waals surface area contributed by atoms with Crippen LogP contribution in [0.1, 0.15) is 44.9 Å². The Labute approximate surface area is 110 Å². The Kier molecular flexibility index (Phi) is 5.89. The highest BCUT2D eigenvalue weighted by atomic mass is 16.5. The van der Waals surface area contributed by atoms with Gasteiger partial charge < -0.3 is 19.9 Å². The molecule has 1 saturated heterocycles. The Balaban J connectivity index is 1.58. The molecule has 4 heteroatoms. The maximum atomic E-state index is 8.59. The molecular weight excluding hydrogens is 230 g/mol. The highest BCUT2D eigenvalue weighted by Crippen LogP contribution is 2.39. The Morgan fingerprint density at radius 3 is 2.89 bits per heavy atom. The van der Waals surface area contributed by atoms with Gasteiger partial charge >= 0.3 is 0 Å². The van der Waals surface area contributed by atoms with Crippen LogP contribution >= 0.6 is 0 Å². The van der Waals surface area contributed by atoms with Gasteiger partial charge in [-0.05, 0) is 38.6 Å². The van der Waals surface area contributed by atoms with Crippen LogP contribution in [0.5, 0.6) is 0 Å². The predicted molar refractivity (Wildman–Crippen MR) is 70.7 cm³/mol. The van der Waals surface area contributed by atoms with Crippen molar-refractivity contribution in [2.24, 2.45) is 0 Å². The van der Waals surface area contributed by atoms with Crippen molar-refractivity contribution in [2.75, 3.05) is 33.0 Å². The van der Waals surface area contributed by atoms with E-state index in [2.05, 4.69) is 5.32 Å². The van der Waals surface area contributed by atoms with Crippen molar-refractivity contribution in [3.05, 3.63) is 0 Å². The fourth-order valence-electron chi connectivity index (χ4n) is 3.22. The monoisotopic (exact) mass is 257 g/mol. The third kappa shape index (κ3) is 4.19. The molecule has 1 atom stereocenters. The summed E-state index contributed by atoms with van der Waals surface area (Å²) in [5.74, 6) is 0. The van der Waals surface area contributed by atoms with E-state index >= 15 is 0 Å². The van der Waals surface area contributed by atoms with Gasteiger partial charge in [0.05, 0.1) is 18.8 Å². The Morgan fingerprint density at radius 1 is 1.28 bits per heavy atom. The molecule has 2 N–H and O–H groups in total. The fourth-order valence-corrected chi connectivity index (χ4v) is 3.22. The number of rotatable bonds is 7. The van der Waals surface area contributed by atoms with Crippen molar-refractivity contribution in [2.45, 2.75) is 56.6 Å². The zero-order valence-electron chi connectivity index (χ0n) is 11.3. The molecule has 1 aliphatic carbocycles. The Morgan fingerprint density at radius 2 is 2.11 bits per heavy atom. The predicted octanol–water partition coefficient (Wildman–Crippen LogP) is 1.47. The van der Waals surface area contributed by atoms with Gasteiger partial charge in [0.15, 0.2) is 0 Å². The molecule has 2 rings (SSSR count). The number of aliphatic hydroxyl groups is 1. The molecule has 1 unspecified atom stereocenters. The summed E-state index contributed by atoms with van der Waals surface area (Å²) in [6.45, 7) is 3.24. The van der Waals surface area contributed by atoms with Crippen molar-refractivity contribution >= 4 is 0 Å². The van der Waals surface area contributed by atoms with Crippen LogP contribution in [0, 0.1) is 0 Å². The minimum absolute atomic E-state index is 0.121. The van der Waals surface area contributed by atoms with Crippen LogP contribution in [0.2, 0.25) is 0 Å². The summed E-state index contributed by atoms with van der Waals surface area (Å²) < 4.78 is 11.3. The average molecular weight is 257 g/mol. The molecule has 0 bridgehead atoms. The summed E-state index contributed by atoms with van der Waals surface area (Å²) in [5.41, 5.74) is 0.212. The molecule has 1 spiro atoms. The van der Waals surface area contributed by atoms with Gasteiger partial charge in [0.2, 0.25) is 0 Å². The number of hydrogen-bond donors (Lipinski definition) is 2. The van der Waals surface area contributed by atoms with Crippen molar-refractivity contribution in [1.29, 1.82) is 0 Å². The molecule has 1 saturated carbocycles. The molecule has 4 nitrogen and oxygen atoms in total. The SMILES string of the molecule is OCCOCCCNC1CCOC2(CCCC2)C1. The quantitative estimate of drug-likeness (QED) is 0.678. The first-order chi connectivity index (χ1) is 8.85. The van der Waals surface area contributed by atoms with Crippen LogP contribution in [0.15, 0.2) is 0 Å². The van der Waals surface area contributed by atoms with Gasteiger partial charge in [0.1, 0.15) is 0 Å². The maximum Gasteiger partial charge on any atom is 0.0697 e. The summed E-state index contributed by atoms with van der Waals surface area (Å²) in [6, 6.07) is 0.620. The summed E-state index contributed by atoms with van der Waals surface area (Å²) in [5, 5.41) is 12.2. The molecule has 0 aromatic carbocycles. The van der Waals surface area contributed by atoms with E-state index in [0.717, 1.165) is 32.6 Å². The van der Waals surface area contributed by atoms with E-state index in [1.165, 1.54) is 32.1 Å². The lowest BCUT2D eigenvalue weighted by molar-refractivity contribution is -0.0836. The van der Waals surface area contributed by atoms with Crippen LogP contribution in [0.4, 0.5) is 0 Å². The zero-order valence-corrected chi connectivity index (χ0v) is 11.3. The van der Waals surface area contributed by atoms with E-state index in [1.807, 2.05) is 0 Å². The van der Waals surface area contributed by atoms with E-state index in [1.54, 1.807) is 0 Å². The van der Waals surface area contributed by atoms with Crippen molar-refractivity contribution in [3.63, 3.8) is 0 Å².